The number of amides is 3. The van der Waals surface area contributed by atoms with Crippen LogP contribution >= 0.6 is 0 Å². The van der Waals surface area contributed by atoms with E-state index in [0.29, 0.717) is 38.4 Å². The van der Waals surface area contributed by atoms with Gasteiger partial charge >= 0.3 is 6.03 Å². The van der Waals surface area contributed by atoms with E-state index in [1.807, 2.05) is 12.1 Å². The highest BCUT2D eigenvalue weighted by molar-refractivity contribution is 5.95. The summed E-state index contributed by atoms with van der Waals surface area (Å²) in [6.45, 7) is 4.86. The van der Waals surface area contributed by atoms with Crippen LogP contribution in [0.2, 0.25) is 0 Å². The summed E-state index contributed by atoms with van der Waals surface area (Å²) in [5, 5.41) is 0. The lowest BCUT2D eigenvalue weighted by atomic mass is 9.86. The molecule has 0 atom stereocenters. The van der Waals surface area contributed by atoms with Gasteiger partial charge in [0.25, 0.3) is 0 Å². The van der Waals surface area contributed by atoms with Crippen LogP contribution in [-0.4, -0.2) is 60.0 Å². The maximum absolute atomic E-state index is 14.5. The largest absolute Gasteiger partial charge is 0.343 e. The van der Waals surface area contributed by atoms with Crippen LogP contribution in [0.15, 0.2) is 42.5 Å². The monoisotopic (exact) mass is 469 g/mol. The van der Waals surface area contributed by atoms with Gasteiger partial charge in [-0.3, -0.25) is 20.5 Å². The molecule has 1 spiro atoms. The van der Waals surface area contributed by atoms with Gasteiger partial charge in [-0.1, -0.05) is 18.2 Å². The van der Waals surface area contributed by atoms with Crippen LogP contribution in [0.5, 0.6) is 0 Å². The summed E-state index contributed by atoms with van der Waals surface area (Å²) in [4.78, 5) is 30.8. The van der Waals surface area contributed by atoms with E-state index in [4.69, 9.17) is 0 Å². The molecule has 3 heterocycles. The second-order valence-electron chi connectivity index (χ2n) is 9.47. The van der Waals surface area contributed by atoms with Crippen molar-refractivity contribution in [2.45, 2.75) is 37.8 Å². The molecule has 3 aliphatic heterocycles. The predicted molar refractivity (Wildman–Crippen MR) is 124 cm³/mol. The van der Waals surface area contributed by atoms with Crippen molar-refractivity contribution in [1.82, 2.24) is 20.7 Å². The molecule has 0 bridgehead atoms. The van der Waals surface area contributed by atoms with Gasteiger partial charge < -0.3 is 9.80 Å². The molecule has 0 radical (unpaired) electrons. The fraction of sp³-hybridized carbons (Fsp3) is 0.440. The highest BCUT2D eigenvalue weighted by atomic mass is 19.1. The van der Waals surface area contributed by atoms with Crippen LogP contribution in [0.4, 0.5) is 19.3 Å². The Morgan fingerprint density at radius 3 is 2.35 bits per heavy atom. The molecule has 0 aromatic heterocycles. The molecule has 180 valence electrons. The Balaban J connectivity index is 1.43. The molecular weight excluding hydrogens is 440 g/mol. The normalized spacial score (nSPS) is 20.6. The number of carbonyl (C=O) groups is 2. The Morgan fingerprint density at radius 1 is 1.06 bits per heavy atom. The maximum atomic E-state index is 14.5. The molecule has 9 heteroatoms. The number of likely N-dealkylation sites (tertiary alicyclic amines) is 1. The first-order valence-corrected chi connectivity index (χ1v) is 11.7. The second-order valence-corrected chi connectivity index (χ2v) is 9.47. The number of rotatable bonds is 4. The van der Waals surface area contributed by atoms with E-state index >= 15 is 0 Å². The first kappa shape index (κ1) is 22.7. The molecule has 3 saturated heterocycles. The number of urea groups is 1. The van der Waals surface area contributed by atoms with Crippen molar-refractivity contribution in [2.24, 2.45) is 0 Å². The van der Waals surface area contributed by atoms with Gasteiger partial charge in [-0.05, 0) is 36.6 Å². The molecule has 2 aromatic carbocycles. The van der Waals surface area contributed by atoms with Gasteiger partial charge in [-0.2, -0.15) is 0 Å². The summed E-state index contributed by atoms with van der Waals surface area (Å²) < 4.78 is 28.0. The molecule has 0 saturated carbocycles. The predicted octanol–water partition coefficient (Wildman–Crippen LogP) is 2.98. The lowest BCUT2D eigenvalue weighted by molar-refractivity contribution is -0.131. The van der Waals surface area contributed by atoms with E-state index in [9.17, 15) is 18.4 Å². The molecule has 2 aromatic rings. The van der Waals surface area contributed by atoms with Gasteiger partial charge in [-0.25, -0.2) is 13.6 Å². The Morgan fingerprint density at radius 2 is 1.74 bits per heavy atom. The summed E-state index contributed by atoms with van der Waals surface area (Å²) in [6, 6.07) is 11.3. The number of anilines is 1. The SMILES string of the molecule is CC(=O)N1CCC2(CC1)CN(c1ccc(C3CNNC3)cc1)C(=O)N2Cc1ccc(F)cc1F. The third-order valence-corrected chi connectivity index (χ3v) is 7.47. The standard InChI is InChI=1S/C25H29F2N5O2/c1-17(33)30-10-8-25(9-11-30)16-31(22-6-3-18(4-7-22)20-13-28-29-14-20)24(34)32(25)15-19-2-5-21(26)12-23(19)27/h2-7,12,20,28-29H,8-11,13-16H2,1H3. The van der Waals surface area contributed by atoms with Crippen molar-refractivity contribution in [3.05, 3.63) is 65.2 Å². The van der Waals surface area contributed by atoms with E-state index in [1.165, 1.54) is 17.7 Å². The third-order valence-electron chi connectivity index (χ3n) is 7.47. The zero-order valence-corrected chi connectivity index (χ0v) is 19.2. The second kappa shape index (κ2) is 8.96. The average Bonchev–Trinajstić information content (AvgIpc) is 3.45. The molecule has 3 amide bonds. The van der Waals surface area contributed by atoms with Gasteiger partial charge in [0.05, 0.1) is 18.6 Å². The smallest absolute Gasteiger partial charge is 0.325 e. The van der Waals surface area contributed by atoms with Crippen molar-refractivity contribution in [1.29, 1.82) is 0 Å². The van der Waals surface area contributed by atoms with Gasteiger partial charge in [0, 0.05) is 56.3 Å². The number of halogens is 2. The van der Waals surface area contributed by atoms with Crippen molar-refractivity contribution in [3.63, 3.8) is 0 Å². The minimum absolute atomic E-state index is 0.0126. The molecule has 3 aliphatic rings. The third kappa shape index (κ3) is 4.14. The summed E-state index contributed by atoms with van der Waals surface area (Å²) in [5.41, 5.74) is 8.01. The summed E-state index contributed by atoms with van der Waals surface area (Å²) >= 11 is 0. The molecular formula is C25H29F2N5O2. The van der Waals surface area contributed by atoms with Crippen LogP contribution in [0, 0.1) is 11.6 Å². The maximum Gasteiger partial charge on any atom is 0.325 e. The Labute approximate surface area is 197 Å². The fourth-order valence-electron chi connectivity index (χ4n) is 5.34. The number of hydrogen-bond acceptors (Lipinski definition) is 4. The van der Waals surface area contributed by atoms with E-state index < -0.39 is 17.2 Å². The van der Waals surface area contributed by atoms with Gasteiger partial charge in [0.1, 0.15) is 11.6 Å². The molecule has 7 nitrogen and oxygen atoms in total. The summed E-state index contributed by atoms with van der Waals surface area (Å²) in [7, 11) is 0. The highest BCUT2D eigenvalue weighted by Gasteiger charge is 2.51. The Kier molecular flexibility index (Phi) is 5.99. The van der Waals surface area contributed by atoms with Crippen LogP contribution in [0.1, 0.15) is 36.8 Å². The number of hydrazine groups is 1. The quantitative estimate of drug-likeness (QED) is 0.723. The van der Waals surface area contributed by atoms with Crippen LogP contribution < -0.4 is 15.8 Å². The van der Waals surface area contributed by atoms with Crippen LogP contribution in [0.3, 0.4) is 0 Å². The Bertz CT molecular complexity index is 1080. The average molecular weight is 470 g/mol. The topological polar surface area (TPSA) is 67.9 Å². The zero-order valence-electron chi connectivity index (χ0n) is 19.2. The number of benzene rings is 2. The van der Waals surface area contributed by atoms with Gasteiger partial charge in [0.2, 0.25) is 5.91 Å². The van der Waals surface area contributed by atoms with E-state index in [0.717, 1.165) is 24.8 Å². The number of nitrogens with zero attached hydrogens (tertiary/aromatic N) is 3. The minimum Gasteiger partial charge on any atom is -0.343 e. The van der Waals surface area contributed by atoms with Gasteiger partial charge in [0.15, 0.2) is 0 Å². The number of piperidine rings is 1. The van der Waals surface area contributed by atoms with Crippen LogP contribution in [0.25, 0.3) is 0 Å². The first-order valence-electron chi connectivity index (χ1n) is 11.7. The van der Waals surface area contributed by atoms with Crippen molar-refractivity contribution in [2.75, 3.05) is 37.6 Å². The minimum atomic E-state index is -0.661. The molecule has 5 rings (SSSR count). The lowest BCUT2D eigenvalue weighted by Gasteiger charge is -2.43. The van der Waals surface area contributed by atoms with Gasteiger partial charge in [-0.15, -0.1) is 0 Å². The van der Waals surface area contributed by atoms with Crippen molar-refractivity contribution in [3.8, 4) is 0 Å². The van der Waals surface area contributed by atoms with E-state index in [2.05, 4.69) is 23.0 Å². The Hall–Kier alpha value is -3.04. The van der Waals surface area contributed by atoms with E-state index in [1.54, 1.807) is 21.6 Å². The molecule has 0 aliphatic carbocycles. The molecule has 3 fully saturated rings. The fourth-order valence-corrected chi connectivity index (χ4v) is 5.34. The molecule has 34 heavy (non-hydrogen) atoms. The summed E-state index contributed by atoms with van der Waals surface area (Å²) in [5.74, 6) is -0.916. The van der Waals surface area contributed by atoms with Crippen LogP contribution in [-0.2, 0) is 11.3 Å². The number of nitrogens with one attached hydrogen (secondary N) is 2. The first-order chi connectivity index (χ1) is 16.4. The zero-order chi connectivity index (χ0) is 23.9. The lowest BCUT2D eigenvalue weighted by Crippen LogP contribution is -2.54. The summed E-state index contributed by atoms with van der Waals surface area (Å²) in [6.07, 6.45) is 1.21. The number of carbonyl (C=O) groups excluding carboxylic acids is 2. The van der Waals surface area contributed by atoms with Crippen molar-refractivity contribution >= 4 is 17.6 Å². The van der Waals surface area contributed by atoms with Crippen molar-refractivity contribution < 1.29 is 18.4 Å². The highest BCUT2D eigenvalue weighted by Crippen LogP contribution is 2.40. The van der Waals surface area contributed by atoms with E-state index in [-0.39, 0.29) is 24.0 Å². The molecule has 0 unspecified atom stereocenters. The molecule has 2 N–H and O–H groups in total. The number of hydrogen-bond donors (Lipinski definition) is 2.